The van der Waals surface area contributed by atoms with Crippen LogP contribution in [-0.4, -0.2) is 56.6 Å². The third kappa shape index (κ3) is 5.37. The maximum absolute atomic E-state index is 13.0. The summed E-state index contributed by atoms with van der Waals surface area (Å²) >= 11 is 0. The molecular weight excluding hydrogens is 442 g/mol. The molecule has 3 rings (SSSR count). The Morgan fingerprint density at radius 2 is 1.82 bits per heavy atom. The van der Waals surface area contributed by atoms with Crippen molar-refractivity contribution in [3.63, 3.8) is 0 Å². The fourth-order valence-electron chi connectivity index (χ4n) is 4.94. The van der Waals surface area contributed by atoms with Gasteiger partial charge in [0.1, 0.15) is 17.6 Å². The van der Waals surface area contributed by atoms with Gasteiger partial charge < -0.3 is 25.6 Å². The van der Waals surface area contributed by atoms with Crippen molar-refractivity contribution in [3.05, 3.63) is 40.2 Å². The van der Waals surface area contributed by atoms with E-state index in [0.717, 1.165) is 0 Å². The molecule has 9 nitrogen and oxygen atoms in total. The molecule has 0 saturated carbocycles. The number of aliphatic hydroxyl groups is 2. The Morgan fingerprint density at radius 3 is 2.41 bits per heavy atom. The van der Waals surface area contributed by atoms with E-state index in [1.807, 2.05) is 13.8 Å². The fraction of sp³-hybridized carbons (Fsp3) is 0.520. The first-order valence-electron chi connectivity index (χ1n) is 11.2. The molecule has 0 heterocycles. The van der Waals surface area contributed by atoms with Gasteiger partial charge in [-0.05, 0) is 70.1 Å². The minimum absolute atomic E-state index is 0. The van der Waals surface area contributed by atoms with Crippen molar-refractivity contribution in [3.8, 4) is 5.75 Å². The second kappa shape index (κ2) is 10.9. The molecule has 0 fully saturated rings. The van der Waals surface area contributed by atoms with Crippen LogP contribution < -0.4 is 0 Å². The van der Waals surface area contributed by atoms with Gasteiger partial charge in [-0.25, -0.2) is 0 Å². The van der Waals surface area contributed by atoms with Crippen LogP contribution in [0.1, 0.15) is 71.3 Å². The second-order valence-electron chi connectivity index (χ2n) is 9.24. The Hall–Kier alpha value is -3.04. The van der Waals surface area contributed by atoms with Crippen molar-refractivity contribution < 1.29 is 42.9 Å². The lowest BCUT2D eigenvalue weighted by molar-refractivity contribution is -0.123. The number of phenols is 1. The van der Waals surface area contributed by atoms with Gasteiger partial charge in [-0.15, -0.1) is 0 Å². The maximum Gasteiger partial charge on any atom is 0.170 e. The molecule has 9 heteroatoms. The first kappa shape index (κ1) is 27.2. The minimum atomic E-state index is -0.732. The summed E-state index contributed by atoms with van der Waals surface area (Å²) in [5.74, 6) is -2.90. The van der Waals surface area contributed by atoms with Crippen molar-refractivity contribution in [2.75, 3.05) is 6.61 Å². The lowest BCUT2D eigenvalue weighted by Gasteiger charge is -2.34. The van der Waals surface area contributed by atoms with Crippen molar-refractivity contribution in [1.82, 2.24) is 0 Å². The number of hydrogen-bond donors (Lipinski definition) is 3. The minimum Gasteiger partial charge on any atom is -0.511 e. The molecule has 0 spiro atoms. The van der Waals surface area contributed by atoms with Crippen LogP contribution in [0.5, 0.6) is 5.75 Å². The van der Waals surface area contributed by atoms with Crippen LogP contribution in [0.3, 0.4) is 0 Å². The molecule has 2 aliphatic carbocycles. The summed E-state index contributed by atoms with van der Waals surface area (Å²) in [6.45, 7) is 6.30. The number of aliphatic hydroxyl groups excluding tert-OH is 2. The molecule has 0 aromatic heterocycles. The van der Waals surface area contributed by atoms with E-state index in [9.17, 15) is 29.7 Å². The van der Waals surface area contributed by atoms with Crippen molar-refractivity contribution >= 4 is 23.1 Å². The molecule has 5 N–H and O–H groups in total. The summed E-state index contributed by atoms with van der Waals surface area (Å²) < 4.78 is 0. The predicted octanol–water partition coefficient (Wildman–Crippen LogP) is 2.94. The average Bonchev–Trinajstić information content (AvgIpc) is 2.71. The zero-order valence-electron chi connectivity index (χ0n) is 19.9. The highest BCUT2D eigenvalue weighted by Crippen LogP contribution is 2.41. The number of oxime groups is 1. The summed E-state index contributed by atoms with van der Waals surface area (Å²) in [7, 11) is 0. The number of hydrogen-bond acceptors (Lipinski definition) is 8. The monoisotopic (exact) mass is 479 g/mol. The summed E-state index contributed by atoms with van der Waals surface area (Å²) in [5.41, 5.74) is 2.02. The van der Waals surface area contributed by atoms with Gasteiger partial charge in [-0.1, -0.05) is 5.16 Å². The van der Waals surface area contributed by atoms with Crippen LogP contribution in [0, 0.1) is 17.8 Å². The topological polar surface area (TPSA) is 165 Å². The van der Waals surface area contributed by atoms with E-state index in [-0.39, 0.29) is 61.6 Å². The highest BCUT2D eigenvalue weighted by Gasteiger charge is 2.40. The Morgan fingerprint density at radius 1 is 1.15 bits per heavy atom. The highest BCUT2D eigenvalue weighted by atomic mass is 16.6. The van der Waals surface area contributed by atoms with Gasteiger partial charge in [0.05, 0.1) is 23.5 Å². The SMILES string of the molecule is CC(=O)C1=C(O)C(CO)C(CC2CC(=O)c3c(O)ccc(/C(C)=N\OC(C)C)c3C2)CC1=O.O.[HH].[HH]. The molecule has 3 unspecified atom stereocenters. The van der Waals surface area contributed by atoms with Crippen LogP contribution in [-0.2, 0) is 20.8 Å². The molecule has 3 atom stereocenters. The quantitative estimate of drug-likeness (QED) is 0.307. The van der Waals surface area contributed by atoms with Gasteiger partial charge in [0.25, 0.3) is 0 Å². The number of carbonyl (C=O) groups excluding carboxylic acids is 3. The van der Waals surface area contributed by atoms with Crippen LogP contribution in [0.15, 0.2) is 28.6 Å². The number of ketones is 3. The number of benzene rings is 1. The molecule has 2 aliphatic rings. The van der Waals surface area contributed by atoms with E-state index in [1.54, 1.807) is 13.0 Å². The first-order valence-corrected chi connectivity index (χ1v) is 11.2. The summed E-state index contributed by atoms with van der Waals surface area (Å²) in [5, 5.41) is 34.8. The molecule has 1 aromatic rings. The normalized spacial score (nSPS) is 23.0. The van der Waals surface area contributed by atoms with E-state index >= 15 is 0 Å². The number of allylic oxidation sites excluding steroid dienone is 1. The summed E-state index contributed by atoms with van der Waals surface area (Å²) in [4.78, 5) is 42.6. The zero-order chi connectivity index (χ0) is 24.4. The molecule has 1 aromatic carbocycles. The van der Waals surface area contributed by atoms with E-state index < -0.39 is 30.0 Å². The van der Waals surface area contributed by atoms with Gasteiger partial charge in [-0.3, -0.25) is 14.4 Å². The summed E-state index contributed by atoms with van der Waals surface area (Å²) in [6.07, 6.45) is 0.965. The molecule has 0 aliphatic heterocycles. The van der Waals surface area contributed by atoms with Gasteiger partial charge in [-0.2, -0.15) is 0 Å². The number of phenolic OH excluding ortho intramolecular Hbond substituents is 1. The van der Waals surface area contributed by atoms with Crippen molar-refractivity contribution in [2.24, 2.45) is 22.9 Å². The Kier molecular flexibility index (Phi) is 8.74. The number of fused-ring (bicyclic) bond motifs is 1. The Bertz CT molecular complexity index is 1050. The first-order chi connectivity index (χ1) is 15.5. The molecule has 190 valence electrons. The van der Waals surface area contributed by atoms with Crippen molar-refractivity contribution in [1.29, 1.82) is 0 Å². The van der Waals surface area contributed by atoms with Crippen molar-refractivity contribution in [2.45, 2.75) is 59.5 Å². The highest BCUT2D eigenvalue weighted by molar-refractivity contribution is 6.20. The Balaban J connectivity index is 0.00000408. The lowest BCUT2D eigenvalue weighted by Crippen LogP contribution is -2.35. The maximum atomic E-state index is 13.0. The van der Waals surface area contributed by atoms with E-state index in [2.05, 4.69) is 5.16 Å². The van der Waals surface area contributed by atoms with E-state index in [1.165, 1.54) is 13.0 Å². The van der Waals surface area contributed by atoms with Gasteiger partial charge in [0, 0.05) is 27.2 Å². The van der Waals surface area contributed by atoms with Gasteiger partial charge in [0.2, 0.25) is 0 Å². The standard InChI is InChI=1S/C25H31NO7.H2O.2H2/c1-12(2)33-26-13(3)17-5-6-20(29)24-18(17)8-15(9-21(24)30)7-16-10-22(31)23(14(4)28)25(32)19(16)11-27;;;/h5-6,12,15-16,19,27,29,32H,7-11H2,1-4H3;1H2;2*1H/b26-13-;;;. The number of aromatic hydroxyl groups is 1. The molecule has 0 bridgehead atoms. The summed E-state index contributed by atoms with van der Waals surface area (Å²) in [6, 6.07) is 3.19. The molecule has 0 saturated heterocycles. The second-order valence-corrected chi connectivity index (χ2v) is 9.24. The molecule has 0 radical (unpaired) electrons. The average molecular weight is 480 g/mol. The number of rotatable bonds is 7. The largest absolute Gasteiger partial charge is 0.511 e. The van der Waals surface area contributed by atoms with E-state index in [4.69, 9.17) is 4.84 Å². The third-order valence-electron chi connectivity index (χ3n) is 6.41. The van der Waals surface area contributed by atoms with Gasteiger partial charge >= 0.3 is 0 Å². The van der Waals surface area contributed by atoms with Crippen LogP contribution in [0.25, 0.3) is 0 Å². The number of nitrogens with zero attached hydrogens (tertiary/aromatic N) is 1. The van der Waals surface area contributed by atoms with Gasteiger partial charge in [0.15, 0.2) is 17.3 Å². The predicted molar refractivity (Wildman–Crippen MR) is 129 cm³/mol. The smallest absolute Gasteiger partial charge is 0.170 e. The lowest BCUT2D eigenvalue weighted by atomic mass is 9.70. The number of Topliss-reactive ketones (excluding diaryl/α,β-unsaturated/α-hetero) is 3. The number of carbonyl (C=O) groups is 3. The fourth-order valence-corrected chi connectivity index (χ4v) is 4.94. The Labute approximate surface area is 201 Å². The third-order valence-corrected chi connectivity index (χ3v) is 6.41. The molecule has 34 heavy (non-hydrogen) atoms. The van der Waals surface area contributed by atoms with Crippen LogP contribution in [0.2, 0.25) is 0 Å². The van der Waals surface area contributed by atoms with Crippen LogP contribution in [0.4, 0.5) is 0 Å². The van der Waals surface area contributed by atoms with Crippen LogP contribution >= 0.6 is 0 Å². The molecule has 0 amide bonds. The molecular formula is C25H37NO8. The zero-order valence-corrected chi connectivity index (χ0v) is 19.9. The van der Waals surface area contributed by atoms with E-state index in [0.29, 0.717) is 29.7 Å².